The summed E-state index contributed by atoms with van der Waals surface area (Å²) in [6, 6.07) is 5.65. The van der Waals surface area contributed by atoms with E-state index in [4.69, 9.17) is 11.2 Å². The van der Waals surface area contributed by atoms with Crippen molar-refractivity contribution < 1.29 is 19.1 Å². The molecule has 1 aromatic carbocycles. The Morgan fingerprint density at radius 3 is 3.00 bits per heavy atom. The summed E-state index contributed by atoms with van der Waals surface area (Å²) >= 11 is 2.88. The second kappa shape index (κ2) is 11.0. The number of hydrogen-bond donors (Lipinski definition) is 2. The molecule has 2 unspecified atom stereocenters. The zero-order chi connectivity index (χ0) is 23.2. The highest BCUT2D eigenvalue weighted by atomic mass is 32.2. The molecule has 10 heteroatoms. The van der Waals surface area contributed by atoms with Gasteiger partial charge in [-0.1, -0.05) is 11.8 Å². The summed E-state index contributed by atoms with van der Waals surface area (Å²) in [4.78, 5) is 43.4. The van der Waals surface area contributed by atoms with Gasteiger partial charge in [-0.25, -0.2) is 4.98 Å². The zero-order valence-electron chi connectivity index (χ0n) is 18.2. The molecule has 2 atom stereocenters. The van der Waals surface area contributed by atoms with Gasteiger partial charge in [0.2, 0.25) is 17.7 Å². The summed E-state index contributed by atoms with van der Waals surface area (Å²) in [6.45, 7) is 2.36. The van der Waals surface area contributed by atoms with Gasteiger partial charge in [0.05, 0.1) is 28.6 Å². The smallest absolute Gasteiger partial charge is 0.230 e. The molecule has 2 aliphatic rings. The molecule has 0 saturated carbocycles. The van der Waals surface area contributed by atoms with E-state index < -0.39 is 0 Å². The lowest BCUT2D eigenvalue weighted by molar-refractivity contribution is -0.138. The number of rotatable bonds is 8. The number of amides is 3. The number of aromatic nitrogens is 1. The highest BCUT2D eigenvalue weighted by Crippen LogP contribution is 2.31. The molecule has 2 N–H and O–H groups in total. The van der Waals surface area contributed by atoms with E-state index in [1.54, 1.807) is 4.90 Å². The molecule has 2 saturated heterocycles. The topological polar surface area (TPSA) is 101 Å². The maximum absolute atomic E-state index is 12.7. The normalized spacial score (nSPS) is 20.6. The first kappa shape index (κ1) is 23.5. The lowest BCUT2D eigenvalue weighted by Gasteiger charge is -2.30. The van der Waals surface area contributed by atoms with Gasteiger partial charge in [-0.15, -0.1) is 23.7 Å². The van der Waals surface area contributed by atoms with E-state index in [-0.39, 0.29) is 36.1 Å². The average Bonchev–Trinajstić information content (AvgIpc) is 3.46. The minimum Gasteiger partial charge on any atom is -0.379 e. The van der Waals surface area contributed by atoms with Crippen LogP contribution in [0.5, 0.6) is 0 Å². The van der Waals surface area contributed by atoms with Crippen LogP contribution < -0.4 is 10.6 Å². The van der Waals surface area contributed by atoms with Gasteiger partial charge in [-0.05, 0) is 31.0 Å². The van der Waals surface area contributed by atoms with Crippen molar-refractivity contribution in [1.29, 1.82) is 0 Å². The minimum atomic E-state index is -0.341. The predicted octanol–water partition coefficient (Wildman–Crippen LogP) is 2.49. The predicted molar refractivity (Wildman–Crippen MR) is 129 cm³/mol. The number of anilines is 1. The van der Waals surface area contributed by atoms with Crippen LogP contribution in [0, 0.1) is 18.3 Å². The third kappa shape index (κ3) is 6.25. The number of ether oxygens (including phenoxy) is 1. The van der Waals surface area contributed by atoms with Gasteiger partial charge < -0.3 is 20.3 Å². The number of likely N-dealkylation sites (tertiary alicyclic amines) is 1. The quantitative estimate of drug-likeness (QED) is 0.439. The summed E-state index contributed by atoms with van der Waals surface area (Å²) in [5.41, 5.74) is 1.50. The fourth-order valence-electron chi connectivity index (χ4n) is 3.87. The van der Waals surface area contributed by atoms with Gasteiger partial charge in [0, 0.05) is 44.1 Å². The molecule has 0 bridgehead atoms. The van der Waals surface area contributed by atoms with Crippen LogP contribution in [0.25, 0.3) is 10.2 Å². The number of nitrogens with one attached hydrogen (secondary N) is 2. The number of nitrogens with zero attached hydrogens (tertiary/aromatic N) is 2. The minimum absolute atomic E-state index is 0.0254. The number of fused-ring (bicyclic) bond motifs is 1. The van der Waals surface area contributed by atoms with Crippen molar-refractivity contribution in [3.8, 4) is 12.3 Å². The second-order valence-electron chi connectivity index (χ2n) is 8.09. The van der Waals surface area contributed by atoms with Crippen molar-refractivity contribution in [3.05, 3.63) is 18.2 Å². The van der Waals surface area contributed by atoms with E-state index >= 15 is 0 Å². The van der Waals surface area contributed by atoms with Crippen LogP contribution in [-0.4, -0.2) is 65.7 Å². The van der Waals surface area contributed by atoms with Gasteiger partial charge >= 0.3 is 0 Å². The van der Waals surface area contributed by atoms with E-state index in [2.05, 4.69) is 21.5 Å². The first-order chi connectivity index (χ1) is 16.0. The number of hydrogen-bond acceptors (Lipinski definition) is 7. The van der Waals surface area contributed by atoms with Gasteiger partial charge in [0.25, 0.3) is 0 Å². The number of carbonyl (C=O) groups excluding carboxylic acids is 3. The van der Waals surface area contributed by atoms with Gasteiger partial charge in [0.1, 0.15) is 0 Å². The highest BCUT2D eigenvalue weighted by molar-refractivity contribution is 8.01. The van der Waals surface area contributed by atoms with E-state index in [9.17, 15) is 14.4 Å². The number of carbonyl (C=O) groups is 3. The maximum Gasteiger partial charge on any atom is 0.230 e. The Balaban J connectivity index is 1.30. The van der Waals surface area contributed by atoms with Crippen LogP contribution >= 0.6 is 23.1 Å². The lowest BCUT2D eigenvalue weighted by Crippen LogP contribution is -2.42. The maximum atomic E-state index is 12.7. The van der Waals surface area contributed by atoms with E-state index in [1.165, 1.54) is 23.1 Å². The summed E-state index contributed by atoms with van der Waals surface area (Å²) < 4.78 is 7.01. The Morgan fingerprint density at radius 2 is 2.24 bits per heavy atom. The molecule has 8 nitrogen and oxygen atoms in total. The van der Waals surface area contributed by atoms with Crippen LogP contribution in [0.2, 0.25) is 0 Å². The molecule has 2 aliphatic heterocycles. The third-order valence-electron chi connectivity index (χ3n) is 5.68. The molecular formula is C23H26N4O4S2. The highest BCUT2D eigenvalue weighted by Gasteiger charge is 2.30. The van der Waals surface area contributed by atoms with E-state index in [1.807, 2.05) is 18.2 Å². The molecule has 4 rings (SSSR count). The number of terminal acetylenes is 1. The Bertz CT molecular complexity index is 1070. The summed E-state index contributed by atoms with van der Waals surface area (Å²) in [7, 11) is 0. The van der Waals surface area contributed by atoms with Crippen LogP contribution in [0.1, 0.15) is 25.7 Å². The Kier molecular flexibility index (Phi) is 7.85. The molecule has 174 valence electrons. The number of thiazole rings is 1. The van der Waals surface area contributed by atoms with E-state index in [0.717, 1.165) is 21.0 Å². The fourth-order valence-corrected chi connectivity index (χ4v) is 5.79. The lowest BCUT2D eigenvalue weighted by atomic mass is 9.95. The molecule has 1 aromatic heterocycles. The van der Waals surface area contributed by atoms with Crippen molar-refractivity contribution in [1.82, 2.24) is 15.2 Å². The van der Waals surface area contributed by atoms with Crippen LogP contribution in [-0.2, 0) is 19.1 Å². The van der Waals surface area contributed by atoms with Gasteiger partial charge in [-0.2, -0.15) is 0 Å². The van der Waals surface area contributed by atoms with E-state index in [0.29, 0.717) is 50.6 Å². The summed E-state index contributed by atoms with van der Waals surface area (Å²) in [5.74, 6) is 2.30. The molecule has 0 radical (unpaired) electrons. The molecule has 33 heavy (non-hydrogen) atoms. The molecule has 2 aromatic rings. The van der Waals surface area contributed by atoms with Gasteiger partial charge in [-0.3, -0.25) is 14.4 Å². The Labute approximate surface area is 200 Å². The van der Waals surface area contributed by atoms with Crippen LogP contribution in [0.4, 0.5) is 5.69 Å². The summed E-state index contributed by atoms with van der Waals surface area (Å²) in [5, 5.41) is 5.91. The number of thioether (sulfide) groups is 1. The third-order valence-corrected chi connectivity index (χ3v) is 7.84. The molecular weight excluding hydrogens is 460 g/mol. The molecule has 3 amide bonds. The van der Waals surface area contributed by atoms with Crippen molar-refractivity contribution in [3.63, 3.8) is 0 Å². The number of piperidine rings is 1. The van der Waals surface area contributed by atoms with Gasteiger partial charge in [0.15, 0.2) is 4.34 Å². The first-order valence-corrected chi connectivity index (χ1v) is 12.7. The molecule has 0 aliphatic carbocycles. The van der Waals surface area contributed by atoms with Crippen molar-refractivity contribution in [2.75, 3.05) is 37.4 Å². The Hall–Kier alpha value is -2.61. The van der Waals surface area contributed by atoms with Crippen LogP contribution in [0.15, 0.2) is 22.5 Å². The van der Waals surface area contributed by atoms with Crippen LogP contribution in [0.3, 0.4) is 0 Å². The zero-order valence-corrected chi connectivity index (χ0v) is 19.8. The fraction of sp³-hybridized carbons (Fsp3) is 0.478. The van der Waals surface area contributed by atoms with Crippen molar-refractivity contribution >= 4 is 56.7 Å². The number of benzene rings is 1. The largest absolute Gasteiger partial charge is 0.379 e. The second-order valence-corrected chi connectivity index (χ2v) is 10.3. The van der Waals surface area contributed by atoms with Crippen molar-refractivity contribution in [2.45, 2.75) is 36.1 Å². The molecule has 3 heterocycles. The molecule has 0 spiro atoms. The SMILES string of the molecule is C#CCCN1CCC(C(=O)Nc2ccc3nc(SCC(=O)NC4CCOC4)sc3c2)CC1=O. The average molecular weight is 487 g/mol. The summed E-state index contributed by atoms with van der Waals surface area (Å²) in [6.07, 6.45) is 7.48. The standard InChI is InChI=1S/C23H26N4O4S2/c1-2-3-8-27-9-6-15(11-21(27)29)22(30)25-16-4-5-18-19(12-16)33-23(26-18)32-14-20(28)24-17-7-10-31-13-17/h1,4-5,12,15,17H,3,6-11,13-14H2,(H,24,28)(H,25,30). The van der Waals surface area contributed by atoms with Crippen molar-refractivity contribution in [2.24, 2.45) is 5.92 Å². The first-order valence-electron chi connectivity index (χ1n) is 10.9. The Morgan fingerprint density at radius 1 is 1.36 bits per heavy atom. The monoisotopic (exact) mass is 486 g/mol. The molecule has 2 fully saturated rings.